The van der Waals surface area contributed by atoms with Crippen LogP contribution in [0.5, 0.6) is 0 Å². The highest BCUT2D eigenvalue weighted by molar-refractivity contribution is 7.98. The number of benzene rings is 1. The third kappa shape index (κ3) is 7.90. The molecule has 0 aliphatic carbocycles. The molecule has 0 spiro atoms. The van der Waals surface area contributed by atoms with Crippen molar-refractivity contribution in [3.8, 4) is 0 Å². The second-order valence-corrected chi connectivity index (χ2v) is 5.63. The zero-order valence-electron chi connectivity index (χ0n) is 11.9. The molecule has 106 valence electrons. The Labute approximate surface area is 120 Å². The van der Waals surface area contributed by atoms with Crippen molar-refractivity contribution in [3.63, 3.8) is 0 Å². The van der Waals surface area contributed by atoms with Crippen LogP contribution < -0.4 is 10.6 Å². The maximum Gasteiger partial charge on any atom is 0.238 e. The average molecular weight is 280 g/mol. The molecule has 1 aromatic carbocycles. The molecule has 0 saturated carbocycles. The van der Waals surface area contributed by atoms with E-state index in [0.29, 0.717) is 6.54 Å². The van der Waals surface area contributed by atoms with Crippen LogP contribution >= 0.6 is 11.8 Å². The van der Waals surface area contributed by atoms with Gasteiger partial charge in [-0.05, 0) is 56.0 Å². The maximum atomic E-state index is 11.7. The number of unbranched alkanes of at least 4 members (excludes halogenated alkanes) is 2. The van der Waals surface area contributed by atoms with Crippen molar-refractivity contribution in [1.82, 2.24) is 5.32 Å². The Bertz CT molecular complexity index is 382. The summed E-state index contributed by atoms with van der Waals surface area (Å²) in [4.78, 5) is 11.7. The van der Waals surface area contributed by atoms with Crippen molar-refractivity contribution in [2.45, 2.75) is 26.2 Å². The normalized spacial score (nSPS) is 10.4. The maximum absolute atomic E-state index is 11.7. The molecule has 0 bridgehead atoms. The van der Waals surface area contributed by atoms with Crippen LogP contribution in [0.1, 0.15) is 24.8 Å². The average Bonchev–Trinajstić information content (AvgIpc) is 2.37. The molecular formula is C15H24N2OS. The minimum Gasteiger partial charge on any atom is -0.325 e. The number of hydrogen-bond donors (Lipinski definition) is 2. The Hall–Kier alpha value is -1.00. The lowest BCUT2D eigenvalue weighted by Gasteiger charge is -2.07. The van der Waals surface area contributed by atoms with E-state index in [1.54, 1.807) is 0 Å². The lowest BCUT2D eigenvalue weighted by atomic mass is 10.2. The van der Waals surface area contributed by atoms with E-state index < -0.39 is 0 Å². The third-order valence-corrected chi connectivity index (χ3v) is 3.49. The molecule has 0 heterocycles. The monoisotopic (exact) mass is 280 g/mol. The molecule has 0 atom stereocenters. The van der Waals surface area contributed by atoms with Gasteiger partial charge in [0.15, 0.2) is 0 Å². The van der Waals surface area contributed by atoms with Gasteiger partial charge in [0.25, 0.3) is 0 Å². The van der Waals surface area contributed by atoms with Crippen LogP contribution in [0.2, 0.25) is 0 Å². The third-order valence-electron chi connectivity index (χ3n) is 2.79. The highest BCUT2D eigenvalue weighted by Gasteiger charge is 2.01. The smallest absolute Gasteiger partial charge is 0.238 e. The largest absolute Gasteiger partial charge is 0.325 e. The van der Waals surface area contributed by atoms with Crippen molar-refractivity contribution in [2.24, 2.45) is 0 Å². The summed E-state index contributed by atoms with van der Waals surface area (Å²) in [6.07, 6.45) is 5.76. The van der Waals surface area contributed by atoms with Crippen LogP contribution in [0.15, 0.2) is 24.3 Å². The van der Waals surface area contributed by atoms with Gasteiger partial charge >= 0.3 is 0 Å². The van der Waals surface area contributed by atoms with Gasteiger partial charge in [0.2, 0.25) is 5.91 Å². The van der Waals surface area contributed by atoms with Gasteiger partial charge in [0, 0.05) is 5.69 Å². The van der Waals surface area contributed by atoms with Crippen LogP contribution in [-0.4, -0.2) is 31.0 Å². The molecule has 4 heteroatoms. The predicted octanol–water partition coefficient (Wildman–Crippen LogP) is 3.06. The zero-order valence-corrected chi connectivity index (χ0v) is 12.7. The Balaban J connectivity index is 2.08. The molecule has 2 N–H and O–H groups in total. The first kappa shape index (κ1) is 16.1. The number of anilines is 1. The summed E-state index contributed by atoms with van der Waals surface area (Å²) in [5.74, 6) is 1.25. The van der Waals surface area contributed by atoms with Gasteiger partial charge < -0.3 is 10.6 Å². The molecule has 0 aliphatic rings. The van der Waals surface area contributed by atoms with Crippen molar-refractivity contribution in [1.29, 1.82) is 0 Å². The molecule has 1 amide bonds. The summed E-state index contributed by atoms with van der Waals surface area (Å²) in [7, 11) is 0. The number of aryl methyl sites for hydroxylation is 1. The lowest BCUT2D eigenvalue weighted by molar-refractivity contribution is -0.115. The Morgan fingerprint density at radius 2 is 2.11 bits per heavy atom. The number of carbonyl (C=O) groups is 1. The molecule has 0 fully saturated rings. The van der Waals surface area contributed by atoms with Gasteiger partial charge in [-0.25, -0.2) is 0 Å². The van der Waals surface area contributed by atoms with Crippen LogP contribution in [0.4, 0.5) is 5.69 Å². The summed E-state index contributed by atoms with van der Waals surface area (Å²) >= 11 is 1.89. The molecule has 19 heavy (non-hydrogen) atoms. The molecule has 1 rings (SSSR count). The fourth-order valence-electron chi connectivity index (χ4n) is 1.80. The van der Waals surface area contributed by atoms with Gasteiger partial charge in [0.05, 0.1) is 6.54 Å². The van der Waals surface area contributed by atoms with Gasteiger partial charge in [-0.3, -0.25) is 4.79 Å². The summed E-state index contributed by atoms with van der Waals surface area (Å²) in [6.45, 7) is 3.31. The number of rotatable bonds is 9. The van der Waals surface area contributed by atoms with Gasteiger partial charge in [-0.1, -0.05) is 18.6 Å². The lowest BCUT2D eigenvalue weighted by Crippen LogP contribution is -2.28. The fraction of sp³-hybridized carbons (Fsp3) is 0.533. The second kappa shape index (κ2) is 9.87. The van der Waals surface area contributed by atoms with E-state index >= 15 is 0 Å². The number of hydrogen-bond acceptors (Lipinski definition) is 3. The first-order chi connectivity index (χ1) is 9.22. The molecule has 1 aromatic rings. The second-order valence-electron chi connectivity index (χ2n) is 4.65. The van der Waals surface area contributed by atoms with E-state index in [-0.39, 0.29) is 5.91 Å². The zero-order chi connectivity index (χ0) is 13.9. The highest BCUT2D eigenvalue weighted by atomic mass is 32.2. The van der Waals surface area contributed by atoms with E-state index in [1.807, 2.05) is 43.0 Å². The predicted molar refractivity (Wildman–Crippen MR) is 84.9 cm³/mol. The summed E-state index contributed by atoms with van der Waals surface area (Å²) in [5, 5.41) is 6.07. The van der Waals surface area contributed by atoms with Crippen molar-refractivity contribution < 1.29 is 4.79 Å². The Kier molecular flexibility index (Phi) is 8.34. The molecular weight excluding hydrogens is 256 g/mol. The molecule has 0 saturated heterocycles. The quantitative estimate of drug-likeness (QED) is 0.683. The number of amides is 1. The number of thioether (sulfide) groups is 1. The topological polar surface area (TPSA) is 41.1 Å². The van der Waals surface area contributed by atoms with Crippen LogP contribution in [0.25, 0.3) is 0 Å². The van der Waals surface area contributed by atoms with E-state index in [1.165, 1.54) is 18.6 Å². The highest BCUT2D eigenvalue weighted by Crippen LogP contribution is 2.08. The van der Waals surface area contributed by atoms with Crippen molar-refractivity contribution >= 4 is 23.4 Å². The molecule has 0 aromatic heterocycles. The first-order valence-electron chi connectivity index (χ1n) is 6.78. The van der Waals surface area contributed by atoms with Gasteiger partial charge in [0.1, 0.15) is 0 Å². The Morgan fingerprint density at radius 1 is 1.26 bits per heavy atom. The molecule has 0 radical (unpaired) electrons. The SMILES string of the molecule is CSCCCCCNCC(=O)Nc1cccc(C)c1. The molecule has 3 nitrogen and oxygen atoms in total. The number of carbonyl (C=O) groups excluding carboxylic acids is 1. The summed E-state index contributed by atoms with van der Waals surface area (Å²) in [5.41, 5.74) is 2.02. The minimum absolute atomic E-state index is 0.0229. The van der Waals surface area contributed by atoms with E-state index in [0.717, 1.165) is 24.2 Å². The van der Waals surface area contributed by atoms with E-state index in [2.05, 4.69) is 16.9 Å². The fourth-order valence-corrected chi connectivity index (χ4v) is 2.30. The van der Waals surface area contributed by atoms with Crippen LogP contribution in [0, 0.1) is 6.92 Å². The van der Waals surface area contributed by atoms with Crippen molar-refractivity contribution in [3.05, 3.63) is 29.8 Å². The van der Waals surface area contributed by atoms with Gasteiger partial charge in [-0.15, -0.1) is 0 Å². The van der Waals surface area contributed by atoms with Crippen LogP contribution in [-0.2, 0) is 4.79 Å². The van der Waals surface area contributed by atoms with E-state index in [9.17, 15) is 4.79 Å². The number of nitrogens with one attached hydrogen (secondary N) is 2. The van der Waals surface area contributed by atoms with Crippen molar-refractivity contribution in [2.75, 3.05) is 30.4 Å². The molecule has 0 unspecified atom stereocenters. The Morgan fingerprint density at radius 3 is 2.84 bits per heavy atom. The summed E-state index contributed by atoms with van der Waals surface area (Å²) in [6, 6.07) is 7.85. The first-order valence-corrected chi connectivity index (χ1v) is 8.18. The minimum atomic E-state index is 0.0229. The molecule has 0 aliphatic heterocycles. The van der Waals surface area contributed by atoms with E-state index in [4.69, 9.17) is 0 Å². The summed E-state index contributed by atoms with van der Waals surface area (Å²) < 4.78 is 0. The van der Waals surface area contributed by atoms with Crippen LogP contribution in [0.3, 0.4) is 0 Å². The standard InChI is InChI=1S/C15H24N2OS/c1-13-7-6-8-14(11-13)17-15(18)12-16-9-4-3-5-10-19-2/h6-8,11,16H,3-5,9-10,12H2,1-2H3,(H,17,18). The van der Waals surface area contributed by atoms with Gasteiger partial charge in [-0.2, -0.15) is 11.8 Å².